The van der Waals surface area contributed by atoms with Gasteiger partial charge < -0.3 is 0 Å². The third kappa shape index (κ3) is 2.26. The molecule has 0 spiro atoms. The summed E-state index contributed by atoms with van der Waals surface area (Å²) in [4.78, 5) is 2.38. The van der Waals surface area contributed by atoms with E-state index in [1.165, 1.54) is 19.3 Å². The molecule has 2 nitrogen and oxygen atoms in total. The first kappa shape index (κ1) is 9.53. The number of nitrogens with zero attached hydrogens (tertiary/aromatic N) is 1. The standard InChI is InChI=1S/C12H16NO/c14-12-7-3-2-6-11(12)10-13-8-4-1-5-9-13/h2-3,6-7H,1,4-5,8-10H2. The van der Waals surface area contributed by atoms with Crippen LogP contribution in [-0.2, 0) is 11.7 Å². The first-order valence-electron chi connectivity index (χ1n) is 5.33. The van der Waals surface area contributed by atoms with Crippen molar-refractivity contribution < 1.29 is 5.11 Å². The summed E-state index contributed by atoms with van der Waals surface area (Å²) < 4.78 is 0. The molecule has 0 unspecified atom stereocenters. The average Bonchev–Trinajstić information content (AvgIpc) is 2.23. The van der Waals surface area contributed by atoms with Gasteiger partial charge in [0.2, 0.25) is 0 Å². The lowest BCUT2D eigenvalue weighted by molar-refractivity contribution is 0.216. The molecule has 1 aliphatic heterocycles. The highest BCUT2D eigenvalue weighted by Gasteiger charge is 2.12. The van der Waals surface area contributed by atoms with Crippen molar-refractivity contribution in [2.75, 3.05) is 13.1 Å². The smallest absolute Gasteiger partial charge is 0.183 e. The van der Waals surface area contributed by atoms with Crippen molar-refractivity contribution in [2.24, 2.45) is 0 Å². The van der Waals surface area contributed by atoms with Gasteiger partial charge in [0.1, 0.15) is 0 Å². The van der Waals surface area contributed by atoms with Gasteiger partial charge in [-0.15, -0.1) is 0 Å². The van der Waals surface area contributed by atoms with Crippen molar-refractivity contribution in [3.05, 3.63) is 29.8 Å². The number of rotatable bonds is 2. The van der Waals surface area contributed by atoms with Crippen molar-refractivity contribution in [1.82, 2.24) is 4.90 Å². The minimum atomic E-state index is 0.179. The summed E-state index contributed by atoms with van der Waals surface area (Å²) >= 11 is 0. The van der Waals surface area contributed by atoms with Gasteiger partial charge in [0.25, 0.3) is 0 Å². The van der Waals surface area contributed by atoms with Crippen LogP contribution in [0.25, 0.3) is 0 Å². The molecular weight excluding hydrogens is 174 g/mol. The van der Waals surface area contributed by atoms with E-state index in [2.05, 4.69) is 4.90 Å². The SMILES string of the molecule is [O]c1ccccc1CN1CCCCC1. The summed E-state index contributed by atoms with van der Waals surface area (Å²) in [6.45, 7) is 3.13. The zero-order valence-electron chi connectivity index (χ0n) is 8.41. The Labute approximate surface area is 85.2 Å². The van der Waals surface area contributed by atoms with E-state index in [1.54, 1.807) is 6.07 Å². The van der Waals surface area contributed by atoms with Gasteiger partial charge in [-0.05, 0) is 32.0 Å². The van der Waals surface area contributed by atoms with E-state index in [0.29, 0.717) is 0 Å². The highest BCUT2D eigenvalue weighted by atomic mass is 16.3. The molecule has 0 N–H and O–H groups in total. The van der Waals surface area contributed by atoms with Crippen LogP contribution in [0.3, 0.4) is 0 Å². The predicted molar refractivity (Wildman–Crippen MR) is 55.7 cm³/mol. The molecule has 0 aromatic heterocycles. The topological polar surface area (TPSA) is 23.1 Å². The van der Waals surface area contributed by atoms with Crippen LogP contribution in [-0.4, -0.2) is 18.0 Å². The summed E-state index contributed by atoms with van der Waals surface area (Å²) in [5.41, 5.74) is 0.939. The Hall–Kier alpha value is -1.02. The Kier molecular flexibility index (Phi) is 3.04. The Morgan fingerprint density at radius 1 is 1.07 bits per heavy atom. The molecule has 0 aliphatic carbocycles. The first-order valence-corrected chi connectivity index (χ1v) is 5.33. The van der Waals surface area contributed by atoms with E-state index in [1.807, 2.05) is 18.2 Å². The molecule has 1 aliphatic rings. The maximum atomic E-state index is 11.5. The summed E-state index contributed by atoms with van der Waals surface area (Å²) in [6, 6.07) is 7.35. The van der Waals surface area contributed by atoms with Gasteiger partial charge in [-0.3, -0.25) is 10.0 Å². The van der Waals surface area contributed by atoms with Gasteiger partial charge in [0.15, 0.2) is 5.75 Å². The molecule has 75 valence electrons. The maximum Gasteiger partial charge on any atom is 0.183 e. The lowest BCUT2D eigenvalue weighted by Crippen LogP contribution is -2.29. The molecule has 1 heterocycles. The third-order valence-corrected chi connectivity index (χ3v) is 2.82. The Morgan fingerprint density at radius 3 is 2.50 bits per heavy atom. The fourth-order valence-corrected chi connectivity index (χ4v) is 1.99. The summed E-state index contributed by atoms with van der Waals surface area (Å²) in [5, 5.41) is 11.5. The van der Waals surface area contributed by atoms with Gasteiger partial charge >= 0.3 is 0 Å². The Morgan fingerprint density at radius 2 is 1.79 bits per heavy atom. The summed E-state index contributed by atoms with van der Waals surface area (Å²) in [7, 11) is 0. The zero-order valence-corrected chi connectivity index (χ0v) is 8.41. The van der Waals surface area contributed by atoms with Gasteiger partial charge in [-0.25, -0.2) is 0 Å². The summed E-state index contributed by atoms with van der Waals surface area (Å²) in [5.74, 6) is 0.179. The lowest BCUT2D eigenvalue weighted by Gasteiger charge is -2.26. The number of likely N-dealkylation sites (tertiary alicyclic amines) is 1. The molecule has 1 saturated heterocycles. The van der Waals surface area contributed by atoms with Crippen molar-refractivity contribution in [3.63, 3.8) is 0 Å². The third-order valence-electron chi connectivity index (χ3n) is 2.82. The van der Waals surface area contributed by atoms with Crippen molar-refractivity contribution in [1.29, 1.82) is 0 Å². The quantitative estimate of drug-likeness (QED) is 0.703. The second kappa shape index (κ2) is 4.47. The molecule has 1 aromatic carbocycles. The second-order valence-electron chi connectivity index (χ2n) is 3.94. The van der Waals surface area contributed by atoms with E-state index in [-0.39, 0.29) is 5.75 Å². The molecule has 0 atom stereocenters. The zero-order chi connectivity index (χ0) is 9.80. The molecule has 2 rings (SSSR count). The fourth-order valence-electron chi connectivity index (χ4n) is 1.99. The number of para-hydroxylation sites is 1. The van der Waals surface area contributed by atoms with Crippen molar-refractivity contribution >= 4 is 0 Å². The number of benzene rings is 1. The first-order chi connectivity index (χ1) is 6.86. The Bertz CT molecular complexity index is 292. The molecule has 2 heteroatoms. The molecule has 1 fully saturated rings. The molecule has 0 amide bonds. The van der Waals surface area contributed by atoms with Gasteiger partial charge in [-0.1, -0.05) is 24.6 Å². The van der Waals surface area contributed by atoms with E-state index >= 15 is 0 Å². The van der Waals surface area contributed by atoms with Crippen LogP contribution in [0.2, 0.25) is 0 Å². The molecule has 0 bridgehead atoms. The van der Waals surface area contributed by atoms with Crippen molar-refractivity contribution in [3.8, 4) is 5.75 Å². The maximum absolute atomic E-state index is 11.5. The highest BCUT2D eigenvalue weighted by molar-refractivity contribution is 5.31. The van der Waals surface area contributed by atoms with Crippen molar-refractivity contribution in [2.45, 2.75) is 25.8 Å². The molecule has 0 saturated carbocycles. The normalized spacial score (nSPS) is 18.3. The minimum Gasteiger partial charge on any atom is -0.299 e. The van der Waals surface area contributed by atoms with Crippen LogP contribution in [0.1, 0.15) is 24.8 Å². The van der Waals surface area contributed by atoms with E-state index in [4.69, 9.17) is 0 Å². The fraction of sp³-hybridized carbons (Fsp3) is 0.500. The van der Waals surface area contributed by atoms with E-state index in [0.717, 1.165) is 25.2 Å². The largest absolute Gasteiger partial charge is 0.299 e. The monoisotopic (exact) mass is 190 g/mol. The van der Waals surface area contributed by atoms with Crippen LogP contribution in [0.4, 0.5) is 0 Å². The predicted octanol–water partition coefficient (Wildman–Crippen LogP) is 2.82. The van der Waals surface area contributed by atoms with Gasteiger partial charge in [0, 0.05) is 12.1 Å². The second-order valence-corrected chi connectivity index (χ2v) is 3.94. The molecule has 14 heavy (non-hydrogen) atoms. The van der Waals surface area contributed by atoms with Crippen LogP contribution in [0.15, 0.2) is 24.3 Å². The molecular formula is C12H16NO. The average molecular weight is 190 g/mol. The van der Waals surface area contributed by atoms with E-state index in [9.17, 15) is 5.11 Å². The highest BCUT2D eigenvalue weighted by Crippen LogP contribution is 2.20. The van der Waals surface area contributed by atoms with Crippen LogP contribution >= 0.6 is 0 Å². The van der Waals surface area contributed by atoms with Gasteiger partial charge in [0.05, 0.1) is 0 Å². The Balaban J connectivity index is 1.99. The van der Waals surface area contributed by atoms with Crippen LogP contribution in [0, 0.1) is 0 Å². The van der Waals surface area contributed by atoms with Crippen LogP contribution in [0.5, 0.6) is 5.75 Å². The van der Waals surface area contributed by atoms with Gasteiger partial charge in [-0.2, -0.15) is 0 Å². The molecule has 1 radical (unpaired) electrons. The number of piperidine rings is 1. The number of hydrogen-bond acceptors (Lipinski definition) is 1. The lowest BCUT2D eigenvalue weighted by atomic mass is 10.1. The minimum absolute atomic E-state index is 0.179. The summed E-state index contributed by atoms with van der Waals surface area (Å²) in [6.07, 6.45) is 3.90. The van der Waals surface area contributed by atoms with E-state index < -0.39 is 0 Å². The number of hydrogen-bond donors (Lipinski definition) is 0. The van der Waals surface area contributed by atoms with Crippen LogP contribution < -0.4 is 0 Å². The molecule has 1 aromatic rings.